The van der Waals surface area contributed by atoms with E-state index < -0.39 is 0 Å². The summed E-state index contributed by atoms with van der Waals surface area (Å²) in [6.07, 6.45) is 1.78. The molecular weight excluding hydrogens is 310 g/mol. The molecule has 4 heteroatoms. The van der Waals surface area contributed by atoms with Crippen LogP contribution in [-0.4, -0.2) is 34.2 Å². The largest absolute Gasteiger partial charge is 0.341 e. The van der Waals surface area contributed by atoms with Crippen molar-refractivity contribution >= 4 is 12.2 Å². The summed E-state index contributed by atoms with van der Waals surface area (Å²) in [6.45, 7) is 8.15. The molecule has 2 aromatic rings. The number of carbonyl (C=O) groups excluding carboxylic acids is 1. The molecule has 0 radical (unpaired) electrons. The summed E-state index contributed by atoms with van der Waals surface area (Å²) in [5.74, 6) is 0. The minimum atomic E-state index is -0.213. The first-order valence-electron chi connectivity index (χ1n) is 8.80. The summed E-state index contributed by atoms with van der Waals surface area (Å²) in [4.78, 5) is 15.2. The lowest BCUT2D eigenvalue weighted by molar-refractivity contribution is 0.115. The zero-order valence-electron chi connectivity index (χ0n) is 15.3. The Morgan fingerprint density at radius 3 is 2.20 bits per heavy atom. The monoisotopic (exact) mass is 335 g/mol. The molecule has 1 aliphatic rings. The molecule has 0 aromatic heterocycles. The average molecular weight is 335 g/mol. The van der Waals surface area contributed by atoms with Crippen LogP contribution in [0.3, 0.4) is 0 Å². The van der Waals surface area contributed by atoms with Gasteiger partial charge in [-0.05, 0) is 38.8 Å². The third-order valence-corrected chi connectivity index (χ3v) is 4.50. The van der Waals surface area contributed by atoms with E-state index in [0.29, 0.717) is 0 Å². The Balaban J connectivity index is 2.08. The van der Waals surface area contributed by atoms with Crippen LogP contribution in [-0.2, 0) is 0 Å². The normalized spacial score (nSPS) is 16.2. The number of fused-ring (bicyclic) bond motifs is 1. The molecule has 1 aliphatic heterocycles. The van der Waals surface area contributed by atoms with Crippen LogP contribution in [0, 0.1) is 0 Å². The highest BCUT2D eigenvalue weighted by molar-refractivity contribution is 5.87. The molecule has 2 amide bonds. The Kier molecular flexibility index (Phi) is 4.88. The van der Waals surface area contributed by atoms with Crippen molar-refractivity contribution in [1.82, 2.24) is 9.91 Å². The van der Waals surface area contributed by atoms with Crippen molar-refractivity contribution in [2.24, 2.45) is 5.10 Å². The zero-order valence-corrected chi connectivity index (χ0v) is 15.3. The number of benzene rings is 2. The topological polar surface area (TPSA) is 35.9 Å². The summed E-state index contributed by atoms with van der Waals surface area (Å²) >= 11 is 0. The van der Waals surface area contributed by atoms with Crippen molar-refractivity contribution in [2.75, 3.05) is 0 Å². The molecule has 0 fully saturated rings. The van der Waals surface area contributed by atoms with Crippen LogP contribution in [0.4, 0.5) is 4.79 Å². The van der Waals surface area contributed by atoms with E-state index in [0.717, 1.165) is 16.7 Å². The predicted octanol–water partition coefficient (Wildman–Crippen LogP) is 4.66. The molecule has 0 saturated heterocycles. The molecule has 1 atom stereocenters. The fourth-order valence-electron chi connectivity index (χ4n) is 3.47. The highest BCUT2D eigenvalue weighted by Gasteiger charge is 2.35. The number of rotatable bonds is 3. The van der Waals surface area contributed by atoms with E-state index in [1.54, 1.807) is 11.2 Å². The standard InChI is InChI=1S/C21H25N3O/c1-15(2)23(16(3)4)21(25)24-20(17-10-6-5-7-11-17)19-13-9-8-12-18(19)14-22-24/h5-16,20H,1-4H3. The number of carbonyl (C=O) groups is 1. The lowest BCUT2D eigenvalue weighted by atomic mass is 9.93. The van der Waals surface area contributed by atoms with E-state index in [1.165, 1.54) is 0 Å². The van der Waals surface area contributed by atoms with Gasteiger partial charge in [-0.1, -0.05) is 54.6 Å². The second-order valence-corrected chi connectivity index (χ2v) is 6.91. The quantitative estimate of drug-likeness (QED) is 0.803. The summed E-state index contributed by atoms with van der Waals surface area (Å²) in [5, 5.41) is 6.15. The number of urea groups is 1. The van der Waals surface area contributed by atoms with E-state index >= 15 is 0 Å². The van der Waals surface area contributed by atoms with Crippen LogP contribution in [0.1, 0.15) is 50.4 Å². The van der Waals surface area contributed by atoms with Gasteiger partial charge in [-0.2, -0.15) is 5.10 Å². The number of hydrogen-bond donors (Lipinski definition) is 0. The van der Waals surface area contributed by atoms with Gasteiger partial charge in [0.15, 0.2) is 0 Å². The van der Waals surface area contributed by atoms with Crippen LogP contribution >= 0.6 is 0 Å². The maximum absolute atomic E-state index is 13.3. The first-order chi connectivity index (χ1) is 12.0. The zero-order chi connectivity index (χ0) is 18.0. The summed E-state index contributed by atoms with van der Waals surface area (Å²) in [7, 11) is 0. The molecule has 3 rings (SSSR count). The SMILES string of the molecule is CC(C)N(C(=O)N1N=Cc2ccccc2C1c1ccccc1)C(C)C. The summed E-state index contributed by atoms with van der Waals surface area (Å²) < 4.78 is 0. The van der Waals surface area contributed by atoms with Gasteiger partial charge in [-0.15, -0.1) is 0 Å². The van der Waals surface area contributed by atoms with Crippen LogP contribution in [0.15, 0.2) is 59.7 Å². The molecule has 0 saturated carbocycles. The maximum Gasteiger partial charge on any atom is 0.341 e. The van der Waals surface area contributed by atoms with E-state index in [1.807, 2.05) is 69.0 Å². The van der Waals surface area contributed by atoms with Crippen molar-refractivity contribution in [3.05, 3.63) is 71.3 Å². The molecule has 130 valence electrons. The molecule has 4 nitrogen and oxygen atoms in total. The fraction of sp³-hybridized carbons (Fsp3) is 0.333. The van der Waals surface area contributed by atoms with Crippen molar-refractivity contribution in [2.45, 2.75) is 45.8 Å². The highest BCUT2D eigenvalue weighted by Crippen LogP contribution is 2.34. The lowest BCUT2D eigenvalue weighted by Gasteiger charge is -2.39. The van der Waals surface area contributed by atoms with Gasteiger partial charge in [0.2, 0.25) is 0 Å². The highest BCUT2D eigenvalue weighted by atomic mass is 16.2. The van der Waals surface area contributed by atoms with Gasteiger partial charge in [0.25, 0.3) is 0 Å². The Hall–Kier alpha value is -2.62. The molecule has 1 heterocycles. The minimum Gasteiger partial charge on any atom is -0.318 e. The fourth-order valence-corrected chi connectivity index (χ4v) is 3.47. The van der Waals surface area contributed by atoms with Crippen molar-refractivity contribution in [3.8, 4) is 0 Å². The third kappa shape index (κ3) is 3.29. The molecule has 2 aromatic carbocycles. The van der Waals surface area contributed by atoms with Gasteiger partial charge in [-0.25, -0.2) is 9.80 Å². The first kappa shape index (κ1) is 17.2. The second-order valence-electron chi connectivity index (χ2n) is 6.91. The average Bonchev–Trinajstić information content (AvgIpc) is 2.60. The van der Waals surface area contributed by atoms with Crippen molar-refractivity contribution in [1.29, 1.82) is 0 Å². The van der Waals surface area contributed by atoms with Crippen molar-refractivity contribution < 1.29 is 4.79 Å². The van der Waals surface area contributed by atoms with E-state index in [2.05, 4.69) is 23.3 Å². The van der Waals surface area contributed by atoms with Gasteiger partial charge in [0.1, 0.15) is 6.04 Å². The summed E-state index contributed by atoms with van der Waals surface area (Å²) in [6, 6.07) is 18.2. The van der Waals surface area contributed by atoms with Crippen molar-refractivity contribution in [3.63, 3.8) is 0 Å². The van der Waals surface area contributed by atoms with Crippen LogP contribution in [0.25, 0.3) is 0 Å². The predicted molar refractivity (Wildman–Crippen MR) is 102 cm³/mol. The molecule has 0 aliphatic carbocycles. The number of hydrazone groups is 1. The van der Waals surface area contributed by atoms with Gasteiger partial charge in [0.05, 0.1) is 6.21 Å². The maximum atomic E-state index is 13.3. The Labute approximate surface area is 149 Å². The van der Waals surface area contributed by atoms with Gasteiger partial charge < -0.3 is 4.90 Å². The second kappa shape index (κ2) is 7.09. The molecule has 0 spiro atoms. The smallest absolute Gasteiger partial charge is 0.318 e. The Morgan fingerprint density at radius 2 is 1.56 bits per heavy atom. The van der Waals surface area contributed by atoms with E-state index in [-0.39, 0.29) is 24.2 Å². The Morgan fingerprint density at radius 1 is 0.960 bits per heavy atom. The van der Waals surface area contributed by atoms with E-state index in [4.69, 9.17) is 0 Å². The van der Waals surface area contributed by atoms with Crippen LogP contribution in [0.2, 0.25) is 0 Å². The van der Waals surface area contributed by atoms with Crippen LogP contribution < -0.4 is 0 Å². The van der Waals surface area contributed by atoms with Gasteiger partial charge in [0, 0.05) is 17.6 Å². The molecule has 25 heavy (non-hydrogen) atoms. The third-order valence-electron chi connectivity index (χ3n) is 4.50. The van der Waals surface area contributed by atoms with Gasteiger partial charge >= 0.3 is 6.03 Å². The van der Waals surface area contributed by atoms with E-state index in [9.17, 15) is 4.79 Å². The minimum absolute atomic E-state index is 0.0652. The lowest BCUT2D eigenvalue weighted by Crippen LogP contribution is -2.49. The summed E-state index contributed by atoms with van der Waals surface area (Å²) in [5.41, 5.74) is 3.22. The molecule has 0 N–H and O–H groups in total. The molecule has 0 bridgehead atoms. The number of amides is 2. The van der Waals surface area contributed by atoms with Crippen LogP contribution in [0.5, 0.6) is 0 Å². The number of nitrogens with zero attached hydrogens (tertiary/aromatic N) is 3. The first-order valence-corrected chi connectivity index (χ1v) is 8.80. The number of hydrogen-bond acceptors (Lipinski definition) is 2. The molecule has 1 unspecified atom stereocenters. The Bertz CT molecular complexity index is 760. The molecular formula is C21H25N3O. The van der Waals surface area contributed by atoms with Gasteiger partial charge in [-0.3, -0.25) is 0 Å².